The molecule has 1 aromatic rings. The molecule has 4 nitrogen and oxygen atoms in total. The monoisotopic (exact) mass is 233 g/mol. The third-order valence-corrected chi connectivity index (χ3v) is 3.20. The molecule has 0 aromatic carbocycles. The smallest absolute Gasteiger partial charge is 0.226 e. The zero-order valence-corrected chi connectivity index (χ0v) is 10.2. The van der Waals surface area contributed by atoms with E-state index < -0.39 is 0 Å². The minimum atomic E-state index is 0.171. The average molecular weight is 233 g/mol. The summed E-state index contributed by atoms with van der Waals surface area (Å²) in [6.07, 6.45) is 5.10. The van der Waals surface area contributed by atoms with Gasteiger partial charge in [0.2, 0.25) is 5.91 Å². The highest BCUT2D eigenvalue weighted by atomic mass is 16.2. The van der Waals surface area contributed by atoms with E-state index in [0.29, 0.717) is 12.3 Å². The Hall–Kier alpha value is -1.42. The number of carbonyl (C=O) groups excluding carboxylic acids is 1. The van der Waals surface area contributed by atoms with Crippen molar-refractivity contribution in [2.45, 2.75) is 12.8 Å². The van der Waals surface area contributed by atoms with Crippen LogP contribution in [0.5, 0.6) is 0 Å². The third-order valence-electron chi connectivity index (χ3n) is 3.20. The maximum Gasteiger partial charge on any atom is 0.226 e. The first-order valence-electron chi connectivity index (χ1n) is 6.09. The first kappa shape index (κ1) is 12.0. The van der Waals surface area contributed by atoms with Gasteiger partial charge < -0.3 is 10.2 Å². The highest BCUT2D eigenvalue weighted by molar-refractivity contribution is 5.78. The van der Waals surface area contributed by atoms with Crippen LogP contribution in [0.4, 0.5) is 0 Å². The molecule has 0 aliphatic carbocycles. The molecule has 0 bridgehead atoms. The van der Waals surface area contributed by atoms with E-state index in [9.17, 15) is 4.79 Å². The largest absolute Gasteiger partial charge is 0.345 e. The first-order valence-corrected chi connectivity index (χ1v) is 6.09. The maximum absolute atomic E-state index is 12.0. The van der Waals surface area contributed by atoms with Gasteiger partial charge in [-0.3, -0.25) is 9.78 Å². The molecule has 17 heavy (non-hydrogen) atoms. The fourth-order valence-corrected chi connectivity index (χ4v) is 2.17. The second kappa shape index (κ2) is 5.77. The van der Waals surface area contributed by atoms with E-state index in [0.717, 1.165) is 25.2 Å². The molecule has 1 aliphatic rings. The minimum Gasteiger partial charge on any atom is -0.345 e. The van der Waals surface area contributed by atoms with Gasteiger partial charge in [0.1, 0.15) is 0 Å². The number of hydrogen-bond donors (Lipinski definition) is 1. The van der Waals surface area contributed by atoms with Crippen molar-refractivity contribution in [2.75, 3.05) is 26.7 Å². The number of likely N-dealkylation sites (N-methyl/N-ethyl adjacent to an activating group) is 1. The Morgan fingerprint density at radius 3 is 3.18 bits per heavy atom. The normalized spacial score (nSPS) is 19.2. The molecule has 2 heterocycles. The van der Waals surface area contributed by atoms with Crippen LogP contribution in [0.25, 0.3) is 0 Å². The van der Waals surface area contributed by atoms with E-state index >= 15 is 0 Å². The summed E-state index contributed by atoms with van der Waals surface area (Å²) in [4.78, 5) is 17.8. The van der Waals surface area contributed by atoms with Crippen LogP contribution in [-0.2, 0) is 11.2 Å². The van der Waals surface area contributed by atoms with Crippen molar-refractivity contribution in [3.63, 3.8) is 0 Å². The SMILES string of the molecule is CN(CC1CCNC1)C(=O)Cc1cccnc1. The molecule has 2 rings (SSSR count). The number of pyridine rings is 1. The summed E-state index contributed by atoms with van der Waals surface area (Å²) in [5.41, 5.74) is 0.980. The summed E-state index contributed by atoms with van der Waals surface area (Å²) in [7, 11) is 1.89. The Morgan fingerprint density at radius 2 is 2.53 bits per heavy atom. The molecule has 1 unspecified atom stereocenters. The van der Waals surface area contributed by atoms with Crippen LogP contribution in [0.3, 0.4) is 0 Å². The summed E-state index contributed by atoms with van der Waals surface area (Å²) in [6, 6.07) is 3.80. The van der Waals surface area contributed by atoms with Crippen molar-refractivity contribution < 1.29 is 4.79 Å². The van der Waals surface area contributed by atoms with Crippen LogP contribution in [0.1, 0.15) is 12.0 Å². The predicted molar refractivity (Wildman–Crippen MR) is 66.6 cm³/mol. The third kappa shape index (κ3) is 3.53. The zero-order valence-electron chi connectivity index (χ0n) is 10.2. The molecule has 1 amide bonds. The number of carbonyl (C=O) groups is 1. The number of nitrogens with one attached hydrogen (secondary N) is 1. The number of amides is 1. The van der Waals surface area contributed by atoms with Crippen LogP contribution < -0.4 is 5.32 Å². The second-order valence-corrected chi connectivity index (χ2v) is 4.67. The number of rotatable bonds is 4. The fourth-order valence-electron chi connectivity index (χ4n) is 2.17. The molecule has 4 heteroatoms. The maximum atomic E-state index is 12.0. The molecule has 0 spiro atoms. The molecular weight excluding hydrogens is 214 g/mol. The van der Waals surface area contributed by atoms with Crippen LogP contribution >= 0.6 is 0 Å². The van der Waals surface area contributed by atoms with Gasteiger partial charge >= 0.3 is 0 Å². The first-order chi connectivity index (χ1) is 8.25. The molecular formula is C13H19N3O. The van der Waals surface area contributed by atoms with Crippen LogP contribution in [0.15, 0.2) is 24.5 Å². The van der Waals surface area contributed by atoms with Gasteiger partial charge in [-0.15, -0.1) is 0 Å². The number of nitrogens with zero attached hydrogens (tertiary/aromatic N) is 2. The van der Waals surface area contributed by atoms with Gasteiger partial charge in [0, 0.05) is 26.0 Å². The number of hydrogen-bond acceptors (Lipinski definition) is 3. The topological polar surface area (TPSA) is 45.2 Å². The quantitative estimate of drug-likeness (QED) is 0.832. The number of aromatic nitrogens is 1. The summed E-state index contributed by atoms with van der Waals surface area (Å²) >= 11 is 0. The second-order valence-electron chi connectivity index (χ2n) is 4.67. The van der Waals surface area contributed by atoms with E-state index in [2.05, 4.69) is 10.3 Å². The van der Waals surface area contributed by atoms with Crippen molar-refractivity contribution in [3.05, 3.63) is 30.1 Å². The lowest BCUT2D eigenvalue weighted by Crippen LogP contribution is -2.33. The van der Waals surface area contributed by atoms with Crippen molar-refractivity contribution in [2.24, 2.45) is 5.92 Å². The summed E-state index contributed by atoms with van der Waals surface area (Å²) < 4.78 is 0. The van der Waals surface area contributed by atoms with Crippen molar-refractivity contribution in [1.82, 2.24) is 15.2 Å². The molecule has 1 aliphatic heterocycles. The molecule has 1 saturated heterocycles. The van der Waals surface area contributed by atoms with E-state index in [-0.39, 0.29) is 5.91 Å². The fraction of sp³-hybridized carbons (Fsp3) is 0.538. The van der Waals surface area contributed by atoms with Crippen LogP contribution in [0.2, 0.25) is 0 Å². The van der Waals surface area contributed by atoms with Crippen molar-refractivity contribution in [1.29, 1.82) is 0 Å². The minimum absolute atomic E-state index is 0.171. The van der Waals surface area contributed by atoms with E-state index in [1.165, 1.54) is 6.42 Å². The van der Waals surface area contributed by atoms with Gasteiger partial charge in [-0.25, -0.2) is 0 Å². The summed E-state index contributed by atoms with van der Waals surface area (Å²) in [5.74, 6) is 0.780. The lowest BCUT2D eigenvalue weighted by atomic mass is 10.1. The Labute approximate surface area is 102 Å². The van der Waals surface area contributed by atoms with Crippen molar-refractivity contribution >= 4 is 5.91 Å². The van der Waals surface area contributed by atoms with E-state index in [4.69, 9.17) is 0 Å². The Kier molecular flexibility index (Phi) is 4.09. The highest BCUT2D eigenvalue weighted by Gasteiger charge is 2.19. The van der Waals surface area contributed by atoms with Gasteiger partial charge in [0.05, 0.1) is 6.42 Å². The molecule has 0 radical (unpaired) electrons. The summed E-state index contributed by atoms with van der Waals surface area (Å²) in [6.45, 7) is 2.96. The van der Waals surface area contributed by atoms with Crippen molar-refractivity contribution in [3.8, 4) is 0 Å². The summed E-state index contributed by atoms with van der Waals surface area (Å²) in [5, 5.41) is 3.32. The molecule has 1 atom stereocenters. The Bertz CT molecular complexity index is 360. The molecule has 0 saturated carbocycles. The van der Waals surface area contributed by atoms with Gasteiger partial charge in [-0.2, -0.15) is 0 Å². The van der Waals surface area contributed by atoms with E-state index in [1.807, 2.05) is 24.1 Å². The van der Waals surface area contributed by atoms with E-state index in [1.54, 1.807) is 12.4 Å². The molecule has 1 fully saturated rings. The van der Waals surface area contributed by atoms with Gasteiger partial charge in [0.15, 0.2) is 0 Å². The lowest BCUT2D eigenvalue weighted by molar-refractivity contribution is -0.129. The predicted octanol–water partition coefficient (Wildman–Crippen LogP) is 0.692. The Morgan fingerprint density at radius 1 is 1.65 bits per heavy atom. The molecule has 1 N–H and O–H groups in total. The van der Waals surface area contributed by atoms with Crippen LogP contribution in [-0.4, -0.2) is 42.5 Å². The molecule has 1 aromatic heterocycles. The van der Waals surface area contributed by atoms with Crippen LogP contribution in [0, 0.1) is 5.92 Å². The lowest BCUT2D eigenvalue weighted by Gasteiger charge is -2.20. The van der Waals surface area contributed by atoms with Gasteiger partial charge in [-0.05, 0) is 37.1 Å². The molecule has 92 valence electrons. The van der Waals surface area contributed by atoms with Gasteiger partial charge in [0.25, 0.3) is 0 Å². The average Bonchev–Trinajstić information content (AvgIpc) is 2.83. The zero-order chi connectivity index (χ0) is 12.1. The van der Waals surface area contributed by atoms with Gasteiger partial charge in [-0.1, -0.05) is 6.07 Å². The Balaban J connectivity index is 1.82. The highest BCUT2D eigenvalue weighted by Crippen LogP contribution is 2.09. The standard InChI is InChI=1S/C13H19N3O/c1-16(10-12-4-6-15-9-12)13(17)7-11-3-2-5-14-8-11/h2-3,5,8,12,15H,4,6-7,9-10H2,1H3.